The lowest BCUT2D eigenvalue weighted by Crippen LogP contribution is -2.41. The number of carbonyl (C=O) groups excluding carboxylic acids is 1. The zero-order chi connectivity index (χ0) is 15.2. The van der Waals surface area contributed by atoms with Gasteiger partial charge in [0.1, 0.15) is 0 Å². The maximum Gasteiger partial charge on any atom is 0.238 e. The van der Waals surface area contributed by atoms with E-state index < -0.39 is 5.60 Å². The third kappa shape index (κ3) is 6.89. The first-order chi connectivity index (χ1) is 9.28. The zero-order valence-electron chi connectivity index (χ0n) is 12.2. The zero-order valence-corrected chi connectivity index (χ0v) is 13.0. The fourth-order valence-corrected chi connectivity index (χ4v) is 2.36. The van der Waals surface area contributed by atoms with E-state index in [-0.39, 0.29) is 12.5 Å². The molecule has 20 heavy (non-hydrogen) atoms. The van der Waals surface area contributed by atoms with Crippen LogP contribution in [0, 0.1) is 5.92 Å². The number of nitrogens with one attached hydrogen (secondary N) is 2. The summed E-state index contributed by atoms with van der Waals surface area (Å²) in [6.45, 7) is 6.42. The molecule has 1 rings (SSSR count). The molecule has 0 aromatic heterocycles. The molecule has 1 aromatic carbocycles. The molecule has 0 aliphatic carbocycles. The van der Waals surface area contributed by atoms with Crippen molar-refractivity contribution in [2.24, 2.45) is 5.92 Å². The number of amides is 1. The Morgan fingerprint density at radius 2 is 2.15 bits per heavy atom. The second kappa shape index (κ2) is 7.62. The molecule has 5 heteroatoms. The molecule has 0 radical (unpaired) electrons. The van der Waals surface area contributed by atoms with Crippen LogP contribution in [0.15, 0.2) is 24.3 Å². The van der Waals surface area contributed by atoms with Crippen molar-refractivity contribution in [1.82, 2.24) is 5.32 Å². The fourth-order valence-electron chi connectivity index (χ4n) is 2.17. The van der Waals surface area contributed by atoms with Gasteiger partial charge in [-0.3, -0.25) is 4.79 Å². The van der Waals surface area contributed by atoms with Crippen molar-refractivity contribution in [3.63, 3.8) is 0 Å². The fraction of sp³-hybridized carbons (Fsp3) is 0.533. The van der Waals surface area contributed by atoms with E-state index in [2.05, 4.69) is 24.5 Å². The van der Waals surface area contributed by atoms with Crippen molar-refractivity contribution < 1.29 is 9.90 Å². The van der Waals surface area contributed by atoms with E-state index in [9.17, 15) is 9.90 Å². The molecule has 0 bridgehead atoms. The molecule has 4 nitrogen and oxygen atoms in total. The summed E-state index contributed by atoms with van der Waals surface area (Å²) in [5.41, 5.74) is -0.136. The number of anilines is 1. The van der Waals surface area contributed by atoms with Gasteiger partial charge in [-0.1, -0.05) is 31.5 Å². The Labute approximate surface area is 125 Å². The molecule has 112 valence electrons. The van der Waals surface area contributed by atoms with Gasteiger partial charge in [0.25, 0.3) is 0 Å². The van der Waals surface area contributed by atoms with Gasteiger partial charge in [-0.25, -0.2) is 0 Å². The first kappa shape index (κ1) is 17.0. The molecule has 0 fully saturated rings. The normalized spacial score (nSPS) is 14.1. The molecule has 0 aliphatic rings. The van der Waals surface area contributed by atoms with Crippen LogP contribution >= 0.6 is 11.6 Å². The summed E-state index contributed by atoms with van der Waals surface area (Å²) in [5.74, 6) is 0.250. The minimum absolute atomic E-state index is 0.154. The standard InChI is InChI=1S/C15H23ClN2O2/c1-11(2)8-15(3,20)10-17-9-14(19)18-13-6-4-5-12(16)7-13/h4-7,11,17,20H,8-10H2,1-3H3,(H,18,19). The monoisotopic (exact) mass is 298 g/mol. The van der Waals surface area contributed by atoms with Gasteiger partial charge >= 0.3 is 0 Å². The number of aliphatic hydroxyl groups is 1. The van der Waals surface area contributed by atoms with Crippen LogP contribution in [0.2, 0.25) is 5.02 Å². The van der Waals surface area contributed by atoms with E-state index in [1.165, 1.54) is 0 Å². The molecule has 0 saturated carbocycles. The van der Waals surface area contributed by atoms with Crippen molar-refractivity contribution >= 4 is 23.2 Å². The Hall–Kier alpha value is -1.10. The molecule has 0 aliphatic heterocycles. The summed E-state index contributed by atoms with van der Waals surface area (Å²) in [6, 6.07) is 6.99. The quantitative estimate of drug-likeness (QED) is 0.725. The highest BCUT2D eigenvalue weighted by atomic mass is 35.5. The Balaban J connectivity index is 2.33. The van der Waals surface area contributed by atoms with E-state index in [1.807, 2.05) is 0 Å². The average molecular weight is 299 g/mol. The van der Waals surface area contributed by atoms with Gasteiger partial charge in [0.05, 0.1) is 12.1 Å². The highest BCUT2D eigenvalue weighted by molar-refractivity contribution is 6.30. The molecule has 1 unspecified atom stereocenters. The van der Waals surface area contributed by atoms with Crippen LogP contribution in [0.3, 0.4) is 0 Å². The molecular weight excluding hydrogens is 276 g/mol. The van der Waals surface area contributed by atoms with Gasteiger partial charge in [-0.15, -0.1) is 0 Å². The molecule has 0 saturated heterocycles. The van der Waals surface area contributed by atoms with Crippen LogP contribution in [-0.4, -0.2) is 29.7 Å². The molecular formula is C15H23ClN2O2. The third-order valence-corrected chi connectivity index (χ3v) is 2.98. The number of hydrogen-bond donors (Lipinski definition) is 3. The van der Waals surface area contributed by atoms with Gasteiger partial charge in [0.15, 0.2) is 0 Å². The highest BCUT2D eigenvalue weighted by Gasteiger charge is 2.21. The molecule has 3 N–H and O–H groups in total. The van der Waals surface area contributed by atoms with Gasteiger partial charge in [-0.2, -0.15) is 0 Å². The second-order valence-electron chi connectivity index (χ2n) is 5.76. The average Bonchev–Trinajstić information content (AvgIpc) is 2.26. The summed E-state index contributed by atoms with van der Waals surface area (Å²) >= 11 is 5.84. The van der Waals surface area contributed by atoms with Crippen molar-refractivity contribution in [3.8, 4) is 0 Å². The lowest BCUT2D eigenvalue weighted by atomic mass is 9.94. The first-order valence-electron chi connectivity index (χ1n) is 6.77. The van der Waals surface area contributed by atoms with Crippen LogP contribution in [0.1, 0.15) is 27.2 Å². The Kier molecular flexibility index (Phi) is 6.46. The highest BCUT2D eigenvalue weighted by Crippen LogP contribution is 2.15. The van der Waals surface area contributed by atoms with E-state index in [0.717, 1.165) is 0 Å². The Morgan fingerprint density at radius 3 is 2.75 bits per heavy atom. The predicted octanol–water partition coefficient (Wildman–Crippen LogP) is 2.67. The van der Waals surface area contributed by atoms with Crippen LogP contribution in [0.4, 0.5) is 5.69 Å². The Morgan fingerprint density at radius 1 is 1.45 bits per heavy atom. The summed E-state index contributed by atoms with van der Waals surface area (Å²) in [7, 11) is 0. The van der Waals surface area contributed by atoms with Gasteiger partial charge in [0, 0.05) is 17.3 Å². The topological polar surface area (TPSA) is 61.4 Å². The number of hydrogen-bond acceptors (Lipinski definition) is 3. The first-order valence-corrected chi connectivity index (χ1v) is 7.15. The van der Waals surface area contributed by atoms with E-state index >= 15 is 0 Å². The largest absolute Gasteiger partial charge is 0.389 e. The van der Waals surface area contributed by atoms with Crippen LogP contribution in [0.25, 0.3) is 0 Å². The summed E-state index contributed by atoms with van der Waals surface area (Å²) < 4.78 is 0. The summed E-state index contributed by atoms with van der Waals surface area (Å²) in [5, 5.41) is 16.4. The van der Waals surface area contributed by atoms with E-state index in [1.54, 1.807) is 31.2 Å². The minimum Gasteiger partial charge on any atom is -0.389 e. The second-order valence-corrected chi connectivity index (χ2v) is 6.19. The lowest BCUT2D eigenvalue weighted by Gasteiger charge is -2.25. The molecule has 1 amide bonds. The minimum atomic E-state index is -0.801. The number of benzene rings is 1. The van der Waals surface area contributed by atoms with Crippen LogP contribution < -0.4 is 10.6 Å². The van der Waals surface area contributed by atoms with Crippen LogP contribution in [-0.2, 0) is 4.79 Å². The summed E-state index contributed by atoms with van der Waals surface area (Å²) in [6.07, 6.45) is 0.690. The van der Waals surface area contributed by atoms with E-state index in [4.69, 9.17) is 11.6 Å². The molecule has 0 spiro atoms. The number of halogens is 1. The predicted molar refractivity (Wildman–Crippen MR) is 83.0 cm³/mol. The van der Waals surface area contributed by atoms with Crippen molar-refractivity contribution in [3.05, 3.63) is 29.3 Å². The smallest absolute Gasteiger partial charge is 0.238 e. The maximum atomic E-state index is 11.7. The van der Waals surface area contributed by atoms with E-state index in [0.29, 0.717) is 29.6 Å². The van der Waals surface area contributed by atoms with Crippen molar-refractivity contribution in [1.29, 1.82) is 0 Å². The molecule has 1 aromatic rings. The summed E-state index contributed by atoms with van der Waals surface area (Å²) in [4.78, 5) is 11.7. The van der Waals surface area contributed by atoms with Gasteiger partial charge in [0.2, 0.25) is 5.91 Å². The third-order valence-electron chi connectivity index (χ3n) is 2.75. The molecule has 1 atom stereocenters. The molecule has 0 heterocycles. The Bertz CT molecular complexity index is 447. The van der Waals surface area contributed by atoms with Crippen molar-refractivity contribution in [2.45, 2.75) is 32.8 Å². The maximum absolute atomic E-state index is 11.7. The van der Waals surface area contributed by atoms with Gasteiger partial charge in [-0.05, 0) is 37.5 Å². The number of rotatable bonds is 7. The van der Waals surface area contributed by atoms with Gasteiger partial charge < -0.3 is 15.7 Å². The SMILES string of the molecule is CC(C)CC(C)(O)CNCC(=O)Nc1cccc(Cl)c1. The van der Waals surface area contributed by atoms with Crippen molar-refractivity contribution in [2.75, 3.05) is 18.4 Å². The van der Waals surface area contributed by atoms with Crippen LogP contribution in [0.5, 0.6) is 0 Å². The lowest BCUT2D eigenvalue weighted by molar-refractivity contribution is -0.115. The number of carbonyl (C=O) groups is 1.